The first-order valence-electron chi connectivity index (χ1n) is 11.0. The van der Waals surface area contributed by atoms with Crippen LogP contribution >= 0.6 is 0 Å². The van der Waals surface area contributed by atoms with Gasteiger partial charge in [-0.3, -0.25) is 4.79 Å². The molecule has 6 nitrogen and oxygen atoms in total. The summed E-state index contributed by atoms with van der Waals surface area (Å²) in [7, 11) is -4.10. The fraction of sp³-hybridized carbons (Fsp3) is 0.148. The van der Waals surface area contributed by atoms with Crippen LogP contribution in [0, 0.1) is 5.82 Å². The van der Waals surface area contributed by atoms with Crippen LogP contribution in [0.4, 0.5) is 4.39 Å². The monoisotopic (exact) mass is 493 g/mol. The number of amides is 1. The van der Waals surface area contributed by atoms with Crippen molar-refractivity contribution in [2.45, 2.75) is 31.3 Å². The van der Waals surface area contributed by atoms with E-state index in [9.17, 15) is 17.6 Å². The van der Waals surface area contributed by atoms with E-state index in [1.54, 1.807) is 35.4 Å². The van der Waals surface area contributed by atoms with Gasteiger partial charge in [-0.05, 0) is 78.2 Å². The predicted octanol–water partition coefficient (Wildman–Crippen LogP) is 5.59. The third-order valence-electron chi connectivity index (χ3n) is 5.43. The number of furan rings is 1. The van der Waals surface area contributed by atoms with Crippen molar-refractivity contribution in [3.63, 3.8) is 0 Å². The van der Waals surface area contributed by atoms with Gasteiger partial charge in [0.25, 0.3) is 5.91 Å². The number of hydrogen-bond donors (Lipinski definition) is 0. The summed E-state index contributed by atoms with van der Waals surface area (Å²) in [6.07, 6.45) is 2.44. The first-order chi connectivity index (χ1) is 16.8. The largest absolute Gasteiger partial charge is 0.467 e. The van der Waals surface area contributed by atoms with E-state index >= 15 is 0 Å². The number of nitrogens with zero attached hydrogens (tertiary/aromatic N) is 1. The Balaban J connectivity index is 1.50. The van der Waals surface area contributed by atoms with E-state index in [2.05, 4.69) is 6.92 Å². The number of benzene rings is 3. The zero-order valence-electron chi connectivity index (χ0n) is 19.1. The summed E-state index contributed by atoms with van der Waals surface area (Å²) in [4.78, 5) is 14.8. The van der Waals surface area contributed by atoms with Crippen molar-refractivity contribution in [3.05, 3.63) is 119 Å². The molecular weight excluding hydrogens is 469 g/mol. The van der Waals surface area contributed by atoms with E-state index < -0.39 is 15.9 Å². The van der Waals surface area contributed by atoms with E-state index in [0.29, 0.717) is 11.3 Å². The van der Waals surface area contributed by atoms with Gasteiger partial charge < -0.3 is 13.5 Å². The second kappa shape index (κ2) is 10.6. The van der Waals surface area contributed by atoms with Crippen LogP contribution < -0.4 is 4.18 Å². The molecule has 0 aliphatic carbocycles. The summed E-state index contributed by atoms with van der Waals surface area (Å²) in [6.45, 7) is 2.61. The van der Waals surface area contributed by atoms with Crippen molar-refractivity contribution in [2.24, 2.45) is 0 Å². The minimum Gasteiger partial charge on any atom is -0.467 e. The van der Waals surface area contributed by atoms with E-state index in [0.717, 1.165) is 41.8 Å². The summed E-state index contributed by atoms with van der Waals surface area (Å²) in [5.41, 5.74) is 2.49. The summed E-state index contributed by atoms with van der Waals surface area (Å²) in [6, 6.07) is 21.9. The van der Waals surface area contributed by atoms with Gasteiger partial charge in [0.05, 0.1) is 12.8 Å². The van der Waals surface area contributed by atoms with Crippen LogP contribution in [0.2, 0.25) is 0 Å². The van der Waals surface area contributed by atoms with Crippen molar-refractivity contribution in [2.75, 3.05) is 0 Å². The Labute approximate surface area is 203 Å². The molecule has 0 saturated heterocycles. The maximum atomic E-state index is 13.3. The second-order valence-corrected chi connectivity index (χ2v) is 9.47. The molecule has 0 atom stereocenters. The highest BCUT2D eigenvalue weighted by Crippen LogP contribution is 2.21. The van der Waals surface area contributed by atoms with Crippen molar-refractivity contribution in [1.29, 1.82) is 0 Å². The van der Waals surface area contributed by atoms with Crippen LogP contribution in [-0.4, -0.2) is 19.2 Å². The highest BCUT2D eigenvalue weighted by atomic mass is 32.2. The molecule has 4 rings (SSSR count). The first kappa shape index (κ1) is 24.2. The average Bonchev–Trinajstić information content (AvgIpc) is 3.38. The van der Waals surface area contributed by atoms with Crippen LogP contribution in [0.5, 0.6) is 5.75 Å². The van der Waals surface area contributed by atoms with Crippen molar-refractivity contribution in [3.8, 4) is 5.75 Å². The third kappa shape index (κ3) is 6.16. The van der Waals surface area contributed by atoms with Crippen molar-refractivity contribution < 1.29 is 26.2 Å². The molecule has 8 heteroatoms. The van der Waals surface area contributed by atoms with Crippen LogP contribution in [0.1, 0.15) is 34.2 Å². The molecule has 1 amide bonds. The number of aryl methyl sites for hydroxylation is 1. The van der Waals surface area contributed by atoms with Gasteiger partial charge in [0.1, 0.15) is 22.2 Å². The SMILES string of the molecule is CCc1ccc(C(=O)N(Cc2ccc(OS(=O)(=O)c3ccc(F)cc3)cc2)Cc2ccco2)cc1. The molecular formula is C27H24FNO5S. The highest BCUT2D eigenvalue weighted by molar-refractivity contribution is 7.87. The fourth-order valence-electron chi connectivity index (χ4n) is 3.50. The minimum atomic E-state index is -4.10. The molecule has 0 fully saturated rings. The lowest BCUT2D eigenvalue weighted by Crippen LogP contribution is -2.30. The van der Waals surface area contributed by atoms with Gasteiger partial charge in [0, 0.05) is 12.1 Å². The van der Waals surface area contributed by atoms with Gasteiger partial charge in [-0.2, -0.15) is 8.42 Å². The van der Waals surface area contributed by atoms with Gasteiger partial charge in [-0.15, -0.1) is 0 Å². The van der Waals surface area contributed by atoms with Crippen LogP contribution in [0.25, 0.3) is 0 Å². The topological polar surface area (TPSA) is 76.8 Å². The number of halogens is 1. The molecule has 0 N–H and O–H groups in total. The summed E-state index contributed by atoms with van der Waals surface area (Å²) >= 11 is 0. The van der Waals surface area contributed by atoms with Gasteiger partial charge in [0.15, 0.2) is 0 Å². The van der Waals surface area contributed by atoms with Gasteiger partial charge >= 0.3 is 10.1 Å². The number of carbonyl (C=O) groups excluding carboxylic acids is 1. The van der Waals surface area contributed by atoms with Gasteiger partial charge in [-0.25, -0.2) is 4.39 Å². The maximum absolute atomic E-state index is 13.3. The standard InChI is InChI=1S/C27H24FNO5S/c1-2-20-5-9-22(10-6-20)27(30)29(19-25-4-3-17-33-25)18-21-7-13-24(14-8-21)34-35(31,32)26-15-11-23(28)12-16-26/h3-17H,2,18-19H2,1H3. The Kier molecular flexibility index (Phi) is 7.31. The molecule has 0 aliphatic heterocycles. The lowest BCUT2D eigenvalue weighted by atomic mass is 10.1. The zero-order valence-corrected chi connectivity index (χ0v) is 19.9. The molecule has 4 aromatic rings. The lowest BCUT2D eigenvalue weighted by Gasteiger charge is -2.22. The predicted molar refractivity (Wildman–Crippen MR) is 129 cm³/mol. The summed E-state index contributed by atoms with van der Waals surface area (Å²) in [5, 5.41) is 0. The van der Waals surface area contributed by atoms with E-state index in [-0.39, 0.29) is 29.6 Å². The second-order valence-electron chi connectivity index (χ2n) is 7.93. The molecule has 0 bridgehead atoms. The number of carbonyl (C=O) groups is 1. The first-order valence-corrected chi connectivity index (χ1v) is 12.4. The van der Waals surface area contributed by atoms with Crippen molar-refractivity contribution in [1.82, 2.24) is 4.90 Å². The molecule has 3 aromatic carbocycles. The van der Waals surface area contributed by atoms with E-state index in [4.69, 9.17) is 8.60 Å². The molecule has 0 spiro atoms. The number of rotatable bonds is 9. The Bertz CT molecular complexity index is 1370. The van der Waals surface area contributed by atoms with E-state index in [1.807, 2.05) is 24.3 Å². The molecule has 0 aliphatic rings. The third-order valence-corrected chi connectivity index (χ3v) is 6.69. The van der Waals surface area contributed by atoms with Crippen LogP contribution in [0.3, 0.4) is 0 Å². The molecule has 0 saturated carbocycles. The molecule has 1 heterocycles. The number of hydrogen-bond acceptors (Lipinski definition) is 5. The van der Waals surface area contributed by atoms with E-state index in [1.165, 1.54) is 12.1 Å². The summed E-state index contributed by atoms with van der Waals surface area (Å²) in [5.74, 6) is 0.0672. The Morgan fingerprint density at radius 2 is 1.54 bits per heavy atom. The Hall–Kier alpha value is -3.91. The summed E-state index contributed by atoms with van der Waals surface area (Å²) < 4.78 is 48.6. The molecule has 180 valence electrons. The minimum absolute atomic E-state index is 0.108. The van der Waals surface area contributed by atoms with Gasteiger partial charge in [-0.1, -0.05) is 31.2 Å². The Morgan fingerprint density at radius 1 is 0.886 bits per heavy atom. The molecule has 35 heavy (non-hydrogen) atoms. The molecule has 1 aromatic heterocycles. The van der Waals surface area contributed by atoms with Gasteiger partial charge in [0.2, 0.25) is 0 Å². The van der Waals surface area contributed by atoms with Crippen molar-refractivity contribution >= 4 is 16.0 Å². The fourth-order valence-corrected chi connectivity index (χ4v) is 4.43. The highest BCUT2D eigenvalue weighted by Gasteiger charge is 2.19. The Morgan fingerprint density at radius 3 is 2.14 bits per heavy atom. The zero-order chi connectivity index (χ0) is 24.8. The lowest BCUT2D eigenvalue weighted by molar-refractivity contribution is 0.0717. The molecule has 0 unspecified atom stereocenters. The maximum Gasteiger partial charge on any atom is 0.339 e. The molecule has 0 radical (unpaired) electrons. The normalized spacial score (nSPS) is 11.3. The van der Waals surface area contributed by atoms with Crippen LogP contribution in [-0.2, 0) is 29.6 Å². The quantitative estimate of drug-likeness (QED) is 0.284. The van der Waals surface area contributed by atoms with Crippen LogP contribution in [0.15, 0.2) is 101 Å². The smallest absolute Gasteiger partial charge is 0.339 e. The average molecular weight is 494 g/mol.